The van der Waals surface area contributed by atoms with Crippen molar-refractivity contribution in [3.05, 3.63) is 22.7 Å². The molecule has 19 heavy (non-hydrogen) atoms. The maximum Gasteiger partial charge on any atom is 0.179 e. The van der Waals surface area contributed by atoms with Crippen molar-refractivity contribution in [2.24, 2.45) is 0 Å². The van der Waals surface area contributed by atoms with E-state index in [-0.39, 0.29) is 11.5 Å². The molecule has 0 spiro atoms. The molecule has 0 fully saturated rings. The summed E-state index contributed by atoms with van der Waals surface area (Å²) in [5.41, 5.74) is 0.523. The first kappa shape index (κ1) is 14.4. The normalized spacial score (nSPS) is 16.2. The molecular formula is C12H15ClO5S. The van der Waals surface area contributed by atoms with E-state index in [2.05, 4.69) is 0 Å². The van der Waals surface area contributed by atoms with E-state index < -0.39 is 15.9 Å². The Balaban J connectivity index is 2.24. The SMILES string of the molecule is CC(O)CS(=O)(=O)Cc1cc(Cl)c2c(c1)OCCO2. The van der Waals surface area contributed by atoms with Gasteiger partial charge in [-0.05, 0) is 24.6 Å². The van der Waals surface area contributed by atoms with Crippen LogP contribution in [0.2, 0.25) is 5.02 Å². The van der Waals surface area contributed by atoms with Crippen LogP contribution >= 0.6 is 11.6 Å². The van der Waals surface area contributed by atoms with Gasteiger partial charge in [0.2, 0.25) is 0 Å². The summed E-state index contributed by atoms with van der Waals surface area (Å²) >= 11 is 6.03. The Labute approximate surface area is 117 Å². The second-order valence-electron chi connectivity index (χ2n) is 4.51. The van der Waals surface area contributed by atoms with E-state index in [4.69, 9.17) is 26.2 Å². The zero-order chi connectivity index (χ0) is 14.0. The summed E-state index contributed by atoms with van der Waals surface area (Å²) < 4.78 is 34.4. The van der Waals surface area contributed by atoms with Crippen LogP contribution in [0.3, 0.4) is 0 Å². The largest absolute Gasteiger partial charge is 0.486 e. The molecule has 1 aromatic carbocycles. The van der Waals surface area contributed by atoms with Gasteiger partial charge in [-0.1, -0.05) is 11.6 Å². The lowest BCUT2D eigenvalue weighted by Gasteiger charge is -2.20. The molecule has 0 radical (unpaired) electrons. The van der Waals surface area contributed by atoms with Gasteiger partial charge in [-0.2, -0.15) is 0 Å². The molecule has 0 bridgehead atoms. The molecule has 5 nitrogen and oxygen atoms in total. The number of benzene rings is 1. The average molecular weight is 307 g/mol. The summed E-state index contributed by atoms with van der Waals surface area (Å²) in [7, 11) is -3.38. The van der Waals surface area contributed by atoms with Gasteiger partial charge in [-0.3, -0.25) is 0 Å². The van der Waals surface area contributed by atoms with Gasteiger partial charge >= 0.3 is 0 Å². The molecule has 0 amide bonds. The van der Waals surface area contributed by atoms with E-state index in [1.165, 1.54) is 6.92 Å². The highest BCUT2D eigenvalue weighted by atomic mass is 35.5. The molecule has 0 aliphatic carbocycles. The van der Waals surface area contributed by atoms with E-state index >= 15 is 0 Å². The monoisotopic (exact) mass is 306 g/mol. The summed E-state index contributed by atoms with van der Waals surface area (Å²) in [6.45, 7) is 2.27. The second kappa shape index (κ2) is 5.56. The van der Waals surface area contributed by atoms with E-state index in [9.17, 15) is 8.42 Å². The van der Waals surface area contributed by atoms with Gasteiger partial charge in [0.25, 0.3) is 0 Å². The van der Waals surface area contributed by atoms with Crippen molar-refractivity contribution in [1.29, 1.82) is 0 Å². The zero-order valence-corrected chi connectivity index (χ0v) is 12.0. The number of halogens is 1. The molecule has 2 rings (SSSR count). The summed E-state index contributed by atoms with van der Waals surface area (Å²) in [5.74, 6) is 0.443. The van der Waals surface area contributed by atoms with Crippen LogP contribution in [0.15, 0.2) is 12.1 Å². The first-order valence-corrected chi connectivity index (χ1v) is 8.04. The fourth-order valence-electron chi connectivity index (χ4n) is 1.93. The number of aliphatic hydroxyl groups excluding tert-OH is 1. The van der Waals surface area contributed by atoms with Crippen molar-refractivity contribution in [3.8, 4) is 11.5 Å². The van der Waals surface area contributed by atoms with Crippen molar-refractivity contribution >= 4 is 21.4 Å². The van der Waals surface area contributed by atoms with E-state index in [1.807, 2.05) is 0 Å². The van der Waals surface area contributed by atoms with Crippen molar-refractivity contribution in [2.75, 3.05) is 19.0 Å². The number of rotatable bonds is 4. The fourth-order valence-corrected chi connectivity index (χ4v) is 3.74. The number of hydrogen-bond acceptors (Lipinski definition) is 5. The summed E-state index contributed by atoms with van der Waals surface area (Å²) in [4.78, 5) is 0. The highest BCUT2D eigenvalue weighted by Gasteiger charge is 2.20. The van der Waals surface area contributed by atoms with Crippen LogP contribution in [-0.4, -0.2) is 38.6 Å². The van der Waals surface area contributed by atoms with Crippen LogP contribution in [0, 0.1) is 0 Å². The van der Waals surface area contributed by atoms with Crippen LogP contribution in [-0.2, 0) is 15.6 Å². The molecule has 0 aromatic heterocycles. The number of sulfone groups is 1. The Hall–Kier alpha value is -0.980. The molecule has 7 heteroatoms. The zero-order valence-electron chi connectivity index (χ0n) is 10.4. The molecule has 1 aliphatic heterocycles. The molecule has 1 heterocycles. The predicted molar refractivity (Wildman–Crippen MR) is 71.6 cm³/mol. The first-order chi connectivity index (χ1) is 8.87. The third-order valence-electron chi connectivity index (χ3n) is 2.54. The maximum absolute atomic E-state index is 11.8. The topological polar surface area (TPSA) is 72.8 Å². The van der Waals surface area contributed by atoms with Crippen LogP contribution in [0.1, 0.15) is 12.5 Å². The molecule has 0 saturated heterocycles. The molecule has 0 saturated carbocycles. The lowest BCUT2D eigenvalue weighted by Crippen LogP contribution is -2.20. The highest BCUT2D eigenvalue weighted by Crippen LogP contribution is 2.38. The minimum Gasteiger partial charge on any atom is -0.486 e. The van der Waals surface area contributed by atoms with Gasteiger partial charge in [0.1, 0.15) is 13.2 Å². The molecule has 1 aromatic rings. The smallest absolute Gasteiger partial charge is 0.179 e. The number of aliphatic hydroxyl groups is 1. The third kappa shape index (κ3) is 3.75. The Morgan fingerprint density at radius 3 is 2.74 bits per heavy atom. The van der Waals surface area contributed by atoms with Crippen molar-refractivity contribution in [2.45, 2.75) is 18.8 Å². The predicted octanol–water partition coefficient (Wildman–Crippen LogP) is 1.41. The van der Waals surface area contributed by atoms with Gasteiger partial charge in [-0.25, -0.2) is 8.42 Å². The van der Waals surface area contributed by atoms with Gasteiger partial charge < -0.3 is 14.6 Å². The minimum absolute atomic E-state index is 0.186. The Kier molecular flexibility index (Phi) is 4.23. The van der Waals surface area contributed by atoms with Crippen molar-refractivity contribution in [1.82, 2.24) is 0 Å². The van der Waals surface area contributed by atoms with Crippen molar-refractivity contribution < 1.29 is 23.0 Å². The van der Waals surface area contributed by atoms with E-state index in [0.717, 1.165) is 0 Å². The summed E-state index contributed by atoms with van der Waals surface area (Å²) in [6, 6.07) is 3.16. The molecule has 1 atom stereocenters. The maximum atomic E-state index is 11.8. The molecular weight excluding hydrogens is 292 g/mol. The fraction of sp³-hybridized carbons (Fsp3) is 0.500. The quantitative estimate of drug-likeness (QED) is 0.910. The summed E-state index contributed by atoms with van der Waals surface area (Å²) in [5, 5.41) is 9.50. The van der Waals surface area contributed by atoms with Crippen LogP contribution in [0.4, 0.5) is 0 Å². The van der Waals surface area contributed by atoms with E-state index in [1.54, 1.807) is 12.1 Å². The van der Waals surface area contributed by atoms with Crippen LogP contribution in [0.25, 0.3) is 0 Å². The Morgan fingerprint density at radius 2 is 2.05 bits per heavy atom. The molecule has 1 N–H and O–H groups in total. The van der Waals surface area contributed by atoms with Crippen LogP contribution in [0.5, 0.6) is 11.5 Å². The van der Waals surface area contributed by atoms with Gasteiger partial charge in [0, 0.05) is 0 Å². The lowest BCUT2D eigenvalue weighted by atomic mass is 10.2. The third-order valence-corrected chi connectivity index (χ3v) is 4.58. The highest BCUT2D eigenvalue weighted by molar-refractivity contribution is 7.90. The molecule has 1 unspecified atom stereocenters. The lowest BCUT2D eigenvalue weighted by molar-refractivity contribution is 0.171. The Morgan fingerprint density at radius 1 is 1.37 bits per heavy atom. The standard InChI is InChI=1S/C12H15ClO5S/c1-8(14)6-19(15,16)7-9-4-10(13)12-11(5-9)17-2-3-18-12/h4-5,8,14H,2-3,6-7H2,1H3. The second-order valence-corrected chi connectivity index (χ2v) is 7.02. The first-order valence-electron chi connectivity index (χ1n) is 5.84. The van der Waals surface area contributed by atoms with Crippen LogP contribution < -0.4 is 9.47 Å². The number of fused-ring (bicyclic) bond motifs is 1. The average Bonchev–Trinajstić information content (AvgIpc) is 2.26. The minimum atomic E-state index is -3.38. The van der Waals surface area contributed by atoms with Gasteiger partial charge in [0.05, 0.1) is 22.6 Å². The molecule has 106 valence electrons. The number of hydrogen-bond donors (Lipinski definition) is 1. The summed E-state index contributed by atoms with van der Waals surface area (Å²) in [6.07, 6.45) is -0.891. The van der Waals surface area contributed by atoms with Crippen molar-refractivity contribution in [3.63, 3.8) is 0 Å². The Bertz CT molecular complexity index is 568. The van der Waals surface area contributed by atoms with Gasteiger partial charge in [-0.15, -0.1) is 0 Å². The van der Waals surface area contributed by atoms with E-state index in [0.29, 0.717) is 35.3 Å². The number of ether oxygens (including phenoxy) is 2. The van der Waals surface area contributed by atoms with Gasteiger partial charge in [0.15, 0.2) is 21.3 Å². The molecule has 1 aliphatic rings.